The van der Waals surface area contributed by atoms with Crippen molar-refractivity contribution in [3.63, 3.8) is 0 Å². The Balaban J connectivity index is 1.91. The molecule has 6 nitrogen and oxygen atoms in total. The van der Waals surface area contributed by atoms with Crippen LogP contribution in [0.15, 0.2) is 69.1 Å². The number of hydrogen-bond acceptors (Lipinski definition) is 5. The summed E-state index contributed by atoms with van der Waals surface area (Å²) in [5.41, 5.74) is 1.85. The molecule has 0 radical (unpaired) electrons. The van der Waals surface area contributed by atoms with Gasteiger partial charge in [-0.15, -0.1) is 0 Å². The highest BCUT2D eigenvalue weighted by atomic mass is 79.9. The number of rotatable bonds is 6. The number of anilines is 1. The second-order valence-corrected chi connectivity index (χ2v) is 9.35. The molecule has 1 saturated heterocycles. The molecular formula is C27H26BrNO5. The van der Waals surface area contributed by atoms with E-state index in [9.17, 15) is 14.7 Å². The van der Waals surface area contributed by atoms with Gasteiger partial charge in [-0.1, -0.05) is 29.8 Å². The fourth-order valence-electron chi connectivity index (χ4n) is 4.16. The van der Waals surface area contributed by atoms with Crippen LogP contribution in [0.1, 0.15) is 55.4 Å². The van der Waals surface area contributed by atoms with Crippen LogP contribution < -0.4 is 9.64 Å². The number of aliphatic hydroxyl groups excluding tert-OH is 1. The zero-order valence-corrected chi connectivity index (χ0v) is 21.0. The molecule has 7 heteroatoms. The van der Waals surface area contributed by atoms with Crippen molar-refractivity contribution in [1.29, 1.82) is 0 Å². The fourth-order valence-corrected chi connectivity index (χ4v) is 4.42. The molecule has 1 atom stereocenters. The second kappa shape index (κ2) is 9.50. The Morgan fingerprint density at radius 3 is 2.41 bits per heavy atom. The predicted molar refractivity (Wildman–Crippen MR) is 134 cm³/mol. The number of aryl methyl sites for hydroxylation is 1. The van der Waals surface area contributed by atoms with E-state index in [2.05, 4.69) is 15.9 Å². The molecule has 34 heavy (non-hydrogen) atoms. The number of carbonyl (C=O) groups is 2. The van der Waals surface area contributed by atoms with Crippen molar-refractivity contribution in [2.75, 3.05) is 11.5 Å². The summed E-state index contributed by atoms with van der Waals surface area (Å²) in [6.45, 7) is 8.27. The van der Waals surface area contributed by atoms with Crippen molar-refractivity contribution in [2.45, 2.75) is 39.7 Å². The number of carbonyl (C=O) groups excluding carboxylic acids is 2. The Morgan fingerprint density at radius 1 is 1.12 bits per heavy atom. The van der Waals surface area contributed by atoms with Crippen LogP contribution in [0.3, 0.4) is 0 Å². The van der Waals surface area contributed by atoms with Crippen molar-refractivity contribution in [2.24, 2.45) is 0 Å². The minimum absolute atomic E-state index is 0.0128. The predicted octanol–water partition coefficient (Wildman–Crippen LogP) is 6.50. The van der Waals surface area contributed by atoms with Gasteiger partial charge in [0.1, 0.15) is 29.1 Å². The molecule has 0 bridgehead atoms. The van der Waals surface area contributed by atoms with Crippen LogP contribution in [0, 0.1) is 6.92 Å². The number of benzene rings is 2. The number of halogens is 1. The van der Waals surface area contributed by atoms with Crippen LogP contribution in [0.5, 0.6) is 5.75 Å². The maximum absolute atomic E-state index is 13.3. The summed E-state index contributed by atoms with van der Waals surface area (Å²) in [6.07, 6.45) is 0. The number of ether oxygens (including phenoxy) is 1. The molecular weight excluding hydrogens is 498 g/mol. The van der Waals surface area contributed by atoms with Gasteiger partial charge < -0.3 is 14.3 Å². The zero-order chi connectivity index (χ0) is 24.6. The molecule has 4 rings (SSSR count). The molecule has 1 aliphatic heterocycles. The lowest BCUT2D eigenvalue weighted by atomic mass is 9.95. The quantitative estimate of drug-likeness (QED) is 0.226. The molecule has 0 spiro atoms. The van der Waals surface area contributed by atoms with Gasteiger partial charge in [0.25, 0.3) is 11.7 Å². The van der Waals surface area contributed by atoms with Gasteiger partial charge in [0, 0.05) is 15.7 Å². The van der Waals surface area contributed by atoms with E-state index < -0.39 is 17.7 Å². The third-order valence-electron chi connectivity index (χ3n) is 5.78. The Bertz CT molecular complexity index is 1270. The Morgan fingerprint density at radius 2 is 1.82 bits per heavy atom. The van der Waals surface area contributed by atoms with Crippen LogP contribution in [-0.4, -0.2) is 23.4 Å². The van der Waals surface area contributed by atoms with Crippen molar-refractivity contribution < 1.29 is 23.8 Å². The van der Waals surface area contributed by atoms with E-state index >= 15 is 0 Å². The van der Waals surface area contributed by atoms with Crippen LogP contribution in [-0.2, 0) is 9.59 Å². The number of Topliss-reactive ketones (excluding diaryl/α,β-unsaturated/α-hetero) is 1. The summed E-state index contributed by atoms with van der Waals surface area (Å²) in [5, 5.41) is 11.4. The average Bonchev–Trinajstić information content (AvgIpc) is 3.35. The van der Waals surface area contributed by atoms with Gasteiger partial charge in [0.15, 0.2) is 0 Å². The first-order valence-corrected chi connectivity index (χ1v) is 11.9. The lowest BCUT2D eigenvalue weighted by Crippen LogP contribution is -2.29. The molecule has 0 aliphatic carbocycles. The number of ketones is 1. The van der Waals surface area contributed by atoms with E-state index in [-0.39, 0.29) is 17.3 Å². The summed E-state index contributed by atoms with van der Waals surface area (Å²) in [5.74, 6) is 0.153. The highest BCUT2D eigenvalue weighted by Gasteiger charge is 2.48. The van der Waals surface area contributed by atoms with Crippen molar-refractivity contribution in [1.82, 2.24) is 0 Å². The van der Waals surface area contributed by atoms with Gasteiger partial charge >= 0.3 is 0 Å². The van der Waals surface area contributed by atoms with Gasteiger partial charge in [-0.05, 0) is 79.9 Å². The molecule has 1 aromatic heterocycles. The van der Waals surface area contributed by atoms with Crippen LogP contribution in [0.2, 0.25) is 0 Å². The molecule has 1 fully saturated rings. The maximum atomic E-state index is 13.3. The third kappa shape index (κ3) is 4.28. The first-order chi connectivity index (χ1) is 16.2. The number of furan rings is 1. The highest BCUT2D eigenvalue weighted by Crippen LogP contribution is 2.43. The normalized spacial score (nSPS) is 17.6. The van der Waals surface area contributed by atoms with Gasteiger partial charge in [-0.2, -0.15) is 0 Å². The van der Waals surface area contributed by atoms with E-state index in [0.717, 1.165) is 15.8 Å². The first kappa shape index (κ1) is 23.8. The number of nitrogens with zero attached hydrogens (tertiary/aromatic N) is 1. The maximum Gasteiger partial charge on any atom is 0.300 e. The van der Waals surface area contributed by atoms with E-state index in [1.807, 2.05) is 26.8 Å². The molecule has 1 N–H and O–H groups in total. The fraction of sp³-hybridized carbons (Fsp3) is 0.259. The van der Waals surface area contributed by atoms with Gasteiger partial charge in [0.05, 0.1) is 12.2 Å². The number of aliphatic hydroxyl groups is 1. The largest absolute Gasteiger partial charge is 0.507 e. The summed E-state index contributed by atoms with van der Waals surface area (Å²) in [7, 11) is 0. The molecule has 2 aromatic carbocycles. The summed E-state index contributed by atoms with van der Waals surface area (Å²) < 4.78 is 12.4. The van der Waals surface area contributed by atoms with Gasteiger partial charge in [0.2, 0.25) is 0 Å². The summed E-state index contributed by atoms with van der Waals surface area (Å²) in [6, 6.07) is 15.0. The van der Waals surface area contributed by atoms with Gasteiger partial charge in [-0.3, -0.25) is 14.5 Å². The lowest BCUT2D eigenvalue weighted by molar-refractivity contribution is -0.132. The molecule has 176 valence electrons. The van der Waals surface area contributed by atoms with Crippen LogP contribution >= 0.6 is 15.9 Å². The third-order valence-corrected chi connectivity index (χ3v) is 6.31. The van der Waals surface area contributed by atoms with Gasteiger partial charge in [-0.25, -0.2) is 0 Å². The van der Waals surface area contributed by atoms with Crippen molar-refractivity contribution in [3.8, 4) is 5.75 Å². The van der Waals surface area contributed by atoms with E-state index in [0.29, 0.717) is 29.4 Å². The molecule has 0 saturated carbocycles. The zero-order valence-electron chi connectivity index (χ0n) is 19.5. The number of hydrogen-bond donors (Lipinski definition) is 1. The molecule has 1 aliphatic rings. The lowest BCUT2D eigenvalue weighted by Gasteiger charge is -2.23. The van der Waals surface area contributed by atoms with Crippen LogP contribution in [0.4, 0.5) is 5.69 Å². The van der Waals surface area contributed by atoms with E-state index in [1.165, 1.54) is 4.90 Å². The Labute approximate surface area is 207 Å². The standard InChI is InChI=1S/C27H26BrNO5/c1-5-33-21-13-7-17(14-20(21)15(2)3)25(30)23-24(22-12-6-16(4)34-22)29(27(32)26(23)31)19-10-8-18(28)9-11-19/h6-15,24,30H,5H2,1-4H3/b25-23-. The first-order valence-electron chi connectivity index (χ1n) is 11.1. The minimum Gasteiger partial charge on any atom is -0.507 e. The Hall–Kier alpha value is -3.32. The SMILES string of the molecule is CCOc1ccc(/C(O)=C2/C(=O)C(=O)N(c3ccc(Br)cc3)C2c2ccc(C)o2)cc1C(C)C. The topological polar surface area (TPSA) is 80.0 Å². The molecule has 3 aromatic rings. The smallest absolute Gasteiger partial charge is 0.300 e. The minimum atomic E-state index is -0.899. The monoisotopic (exact) mass is 523 g/mol. The molecule has 2 heterocycles. The highest BCUT2D eigenvalue weighted by molar-refractivity contribution is 9.10. The second-order valence-electron chi connectivity index (χ2n) is 8.43. The molecule has 1 amide bonds. The van der Waals surface area contributed by atoms with Crippen molar-refractivity contribution in [3.05, 3.63) is 87.3 Å². The van der Waals surface area contributed by atoms with Crippen molar-refractivity contribution >= 4 is 39.1 Å². The number of amides is 1. The molecule has 1 unspecified atom stereocenters. The summed E-state index contributed by atoms with van der Waals surface area (Å²) >= 11 is 3.40. The Kier molecular flexibility index (Phi) is 6.66. The van der Waals surface area contributed by atoms with E-state index in [4.69, 9.17) is 9.15 Å². The summed E-state index contributed by atoms with van der Waals surface area (Å²) in [4.78, 5) is 27.8. The van der Waals surface area contributed by atoms with E-state index in [1.54, 1.807) is 55.5 Å². The van der Waals surface area contributed by atoms with Crippen LogP contribution in [0.25, 0.3) is 5.76 Å². The average molecular weight is 524 g/mol.